The van der Waals surface area contributed by atoms with Crippen LogP contribution in [0.15, 0.2) is 66.7 Å². The van der Waals surface area contributed by atoms with Crippen LogP contribution in [0.2, 0.25) is 0 Å². The quantitative estimate of drug-likeness (QED) is 0.373. The molecule has 7 nitrogen and oxygen atoms in total. The van der Waals surface area contributed by atoms with Crippen molar-refractivity contribution < 1.29 is 33.0 Å². The first-order chi connectivity index (χ1) is 14.6. The minimum atomic E-state index is -4.35. The molecule has 170 valence electrons. The molecule has 0 aliphatic heterocycles. The Bertz CT molecular complexity index is 1120. The average Bonchev–Trinajstić information content (AvgIpc) is 2.69. The number of amides is 1. The zero-order valence-corrected chi connectivity index (χ0v) is 19.8. The van der Waals surface area contributed by atoms with Gasteiger partial charge in [0, 0.05) is 17.3 Å². The topological polar surface area (TPSA) is 105 Å². The summed E-state index contributed by atoms with van der Waals surface area (Å²) >= 11 is 0. The van der Waals surface area contributed by atoms with Crippen LogP contribution in [0.25, 0.3) is 0 Å². The van der Waals surface area contributed by atoms with E-state index in [-0.39, 0.29) is 34.0 Å². The molecule has 32 heavy (non-hydrogen) atoms. The number of benzene rings is 3. The maximum absolute atomic E-state index is 13.1. The van der Waals surface area contributed by atoms with Gasteiger partial charge in [0.25, 0.3) is 5.91 Å². The summed E-state index contributed by atoms with van der Waals surface area (Å²) in [6.07, 6.45) is -0.147. The third-order valence-corrected chi connectivity index (χ3v) is 5.00. The van der Waals surface area contributed by atoms with E-state index in [2.05, 4.69) is 5.32 Å². The van der Waals surface area contributed by atoms with Gasteiger partial charge in [-0.05, 0) is 74.5 Å². The van der Waals surface area contributed by atoms with Gasteiger partial charge >= 0.3 is 7.60 Å². The fourth-order valence-electron chi connectivity index (χ4n) is 2.68. The number of carbonyl (C=O) groups is 1. The minimum Gasteiger partial charge on any atom is -0.491 e. The van der Waals surface area contributed by atoms with Gasteiger partial charge in [0.2, 0.25) is 0 Å². The van der Waals surface area contributed by atoms with Crippen molar-refractivity contribution >= 4 is 41.5 Å². The summed E-state index contributed by atoms with van der Waals surface area (Å²) in [4.78, 5) is 31.1. The van der Waals surface area contributed by atoms with Crippen LogP contribution in [-0.2, 0) is 4.57 Å². The van der Waals surface area contributed by atoms with Gasteiger partial charge in [-0.2, -0.15) is 0 Å². The molecule has 3 aromatic carbocycles. The lowest BCUT2D eigenvalue weighted by atomic mass is 10.1. The van der Waals surface area contributed by atoms with Gasteiger partial charge in [-0.15, -0.1) is 17.0 Å². The van der Waals surface area contributed by atoms with Crippen LogP contribution in [0, 0.1) is 5.82 Å². The van der Waals surface area contributed by atoms with Crippen molar-refractivity contribution in [3.05, 3.63) is 78.1 Å². The van der Waals surface area contributed by atoms with Crippen LogP contribution >= 0.6 is 24.6 Å². The van der Waals surface area contributed by atoms with E-state index in [9.17, 15) is 23.5 Å². The van der Waals surface area contributed by atoms with Crippen molar-refractivity contribution in [1.29, 1.82) is 0 Å². The Kier molecular flexibility index (Phi) is 8.58. The van der Waals surface area contributed by atoms with Gasteiger partial charge in [0.15, 0.2) is 0 Å². The number of nitrogens with one attached hydrogen (secondary N) is 1. The van der Waals surface area contributed by atoms with Crippen molar-refractivity contribution in [2.24, 2.45) is 0 Å². The molecule has 0 bridgehead atoms. The zero-order chi connectivity index (χ0) is 22.6. The number of rotatable bonds is 7. The lowest BCUT2D eigenvalue weighted by Crippen LogP contribution is -2.13. The largest absolute Gasteiger partial charge is 0.491 e. The monoisotopic (exact) mass is 525 g/mol. The normalized spacial score (nSPS) is 10.9. The lowest BCUT2D eigenvalue weighted by molar-refractivity contribution is 0.102. The molecule has 0 radical (unpaired) electrons. The number of hydrogen-bond acceptors (Lipinski definition) is 4. The van der Waals surface area contributed by atoms with Crippen LogP contribution in [0.4, 0.5) is 10.1 Å². The predicted octanol–water partition coefficient (Wildman–Crippen LogP) is 5.04. The molecule has 0 spiro atoms. The lowest BCUT2D eigenvalue weighted by Gasteiger charge is -2.14. The molecule has 0 aliphatic rings. The molecule has 0 heterocycles. The predicted molar refractivity (Wildman–Crippen MR) is 125 cm³/mol. The Morgan fingerprint density at radius 3 is 2.09 bits per heavy atom. The molecular formula is C22H22BrFNO6P. The highest BCUT2D eigenvalue weighted by Crippen LogP contribution is 2.34. The molecule has 0 saturated heterocycles. The van der Waals surface area contributed by atoms with Crippen molar-refractivity contribution in [3.63, 3.8) is 0 Å². The SMILES string of the molecule is Br.CC(C)Oc1cc(Oc2ccc(P(=O)(O)O)cc2)cc(C(=O)Nc2ccc(F)cc2)c1. The van der Waals surface area contributed by atoms with Crippen LogP contribution in [0.3, 0.4) is 0 Å². The molecule has 10 heteroatoms. The van der Waals surface area contributed by atoms with Gasteiger partial charge in [-0.3, -0.25) is 9.36 Å². The van der Waals surface area contributed by atoms with E-state index in [1.807, 2.05) is 13.8 Å². The fourth-order valence-corrected chi connectivity index (χ4v) is 3.22. The highest BCUT2D eigenvalue weighted by atomic mass is 79.9. The van der Waals surface area contributed by atoms with Gasteiger partial charge < -0.3 is 24.6 Å². The van der Waals surface area contributed by atoms with Crippen LogP contribution in [0.1, 0.15) is 24.2 Å². The smallest absolute Gasteiger partial charge is 0.356 e. The van der Waals surface area contributed by atoms with E-state index in [0.717, 1.165) is 0 Å². The second-order valence-corrected chi connectivity index (χ2v) is 8.57. The Morgan fingerprint density at radius 2 is 1.53 bits per heavy atom. The van der Waals surface area contributed by atoms with Crippen molar-refractivity contribution in [1.82, 2.24) is 0 Å². The summed E-state index contributed by atoms with van der Waals surface area (Å²) in [7, 11) is -4.35. The molecule has 3 N–H and O–H groups in total. The van der Waals surface area contributed by atoms with Gasteiger partial charge in [-0.25, -0.2) is 4.39 Å². The summed E-state index contributed by atoms with van der Waals surface area (Å²) in [5, 5.41) is 2.55. The van der Waals surface area contributed by atoms with E-state index < -0.39 is 19.3 Å². The number of anilines is 1. The third-order valence-electron chi connectivity index (χ3n) is 4.02. The Labute approximate surface area is 195 Å². The van der Waals surface area contributed by atoms with E-state index in [1.165, 1.54) is 54.6 Å². The molecular weight excluding hydrogens is 504 g/mol. The van der Waals surface area contributed by atoms with E-state index in [4.69, 9.17) is 9.47 Å². The number of hydrogen-bond donors (Lipinski definition) is 3. The van der Waals surface area contributed by atoms with Crippen molar-refractivity contribution in [2.75, 3.05) is 5.32 Å². The first-order valence-electron chi connectivity index (χ1n) is 9.33. The molecule has 3 aromatic rings. The number of halogens is 2. The first kappa shape index (κ1) is 25.5. The summed E-state index contributed by atoms with van der Waals surface area (Å²) in [6.45, 7) is 3.68. The summed E-state index contributed by atoms with van der Waals surface area (Å²) in [6, 6.07) is 15.4. The number of carbonyl (C=O) groups excluding carboxylic acids is 1. The first-order valence-corrected chi connectivity index (χ1v) is 10.9. The van der Waals surface area contributed by atoms with E-state index in [0.29, 0.717) is 22.9 Å². The summed E-state index contributed by atoms with van der Waals surface area (Å²) in [5.41, 5.74) is 0.682. The molecule has 0 unspecified atom stereocenters. The maximum Gasteiger partial charge on any atom is 0.356 e. The third kappa shape index (κ3) is 7.17. The Hall–Kier alpha value is -2.71. The van der Waals surface area contributed by atoms with Gasteiger partial charge in [-0.1, -0.05) is 0 Å². The molecule has 1 amide bonds. The molecule has 0 fully saturated rings. The minimum absolute atomic E-state index is 0. The summed E-state index contributed by atoms with van der Waals surface area (Å²) < 4.78 is 35.9. The highest BCUT2D eigenvalue weighted by molar-refractivity contribution is 8.93. The molecule has 0 atom stereocenters. The van der Waals surface area contributed by atoms with E-state index in [1.54, 1.807) is 12.1 Å². The van der Waals surface area contributed by atoms with Gasteiger partial charge in [0.05, 0.1) is 11.4 Å². The second kappa shape index (κ2) is 10.7. The highest BCUT2D eigenvalue weighted by Gasteiger charge is 2.17. The van der Waals surface area contributed by atoms with Crippen LogP contribution in [0.5, 0.6) is 17.2 Å². The fraction of sp³-hybridized carbons (Fsp3) is 0.136. The van der Waals surface area contributed by atoms with E-state index >= 15 is 0 Å². The van der Waals surface area contributed by atoms with Crippen LogP contribution in [-0.4, -0.2) is 21.8 Å². The van der Waals surface area contributed by atoms with Crippen molar-refractivity contribution in [3.8, 4) is 17.2 Å². The molecule has 0 aliphatic carbocycles. The van der Waals surface area contributed by atoms with Gasteiger partial charge in [0.1, 0.15) is 23.1 Å². The Morgan fingerprint density at radius 1 is 0.938 bits per heavy atom. The summed E-state index contributed by atoms with van der Waals surface area (Å²) in [5.74, 6) is 0.173. The average molecular weight is 526 g/mol. The maximum atomic E-state index is 13.1. The van der Waals surface area contributed by atoms with Crippen LogP contribution < -0.4 is 20.1 Å². The Balaban J connectivity index is 0.00000363. The molecule has 0 saturated carbocycles. The zero-order valence-electron chi connectivity index (χ0n) is 17.2. The molecule has 3 rings (SSSR count). The van der Waals surface area contributed by atoms with Crippen molar-refractivity contribution in [2.45, 2.75) is 20.0 Å². The second-order valence-electron chi connectivity index (χ2n) is 6.96. The standard InChI is InChI=1S/C22H21FNO6P.BrH/c1-14(2)29-19-11-15(22(25)24-17-5-3-16(23)4-6-17)12-20(13-19)30-18-7-9-21(10-8-18)31(26,27)28;/h3-14H,1-2H3,(H,24,25)(H2,26,27,28);1H. The molecule has 0 aromatic heterocycles. The number of ether oxygens (including phenoxy) is 2.